The molecule has 8 heteroatoms. The van der Waals surface area contributed by atoms with Crippen LogP contribution >= 0.6 is 0 Å². The van der Waals surface area contributed by atoms with E-state index >= 15 is 0 Å². The Kier molecular flexibility index (Phi) is 6.49. The van der Waals surface area contributed by atoms with Crippen molar-refractivity contribution in [3.63, 3.8) is 0 Å². The molecule has 1 aliphatic rings. The molecule has 0 radical (unpaired) electrons. The summed E-state index contributed by atoms with van der Waals surface area (Å²) < 4.78 is 18.9. The smallest absolute Gasteiger partial charge is 0.238 e. The van der Waals surface area contributed by atoms with Gasteiger partial charge in [-0.1, -0.05) is 6.07 Å². The zero-order valence-corrected chi connectivity index (χ0v) is 17.2. The van der Waals surface area contributed by atoms with Crippen molar-refractivity contribution in [1.82, 2.24) is 14.9 Å². The minimum atomic E-state index is -0.335. The van der Waals surface area contributed by atoms with Gasteiger partial charge in [-0.05, 0) is 55.5 Å². The predicted octanol–water partition coefficient (Wildman–Crippen LogP) is 3.68. The SMILES string of the molecule is Cc1cccc(Nc2ccc([C@@H]3CN(CC(=O)Nc4ccc(F)cc4)CCO3)nc2)n1. The lowest BCUT2D eigenvalue weighted by atomic mass is 10.2. The zero-order chi connectivity index (χ0) is 21.6. The number of morpholine rings is 1. The largest absolute Gasteiger partial charge is 0.369 e. The van der Waals surface area contributed by atoms with Crippen molar-refractivity contribution in [2.45, 2.75) is 13.0 Å². The highest BCUT2D eigenvalue weighted by Gasteiger charge is 2.24. The molecule has 160 valence electrons. The number of anilines is 3. The number of nitrogens with one attached hydrogen (secondary N) is 2. The fourth-order valence-electron chi connectivity index (χ4n) is 3.39. The number of ether oxygens (including phenoxy) is 1. The molecule has 1 atom stereocenters. The quantitative estimate of drug-likeness (QED) is 0.632. The van der Waals surface area contributed by atoms with Gasteiger partial charge in [0.15, 0.2) is 0 Å². The minimum absolute atomic E-state index is 0.148. The fraction of sp³-hybridized carbons (Fsp3) is 0.261. The number of benzene rings is 1. The molecule has 0 unspecified atom stereocenters. The summed E-state index contributed by atoms with van der Waals surface area (Å²) in [6, 6.07) is 15.4. The van der Waals surface area contributed by atoms with Gasteiger partial charge in [-0.2, -0.15) is 0 Å². The Hall–Kier alpha value is -3.36. The van der Waals surface area contributed by atoms with Gasteiger partial charge in [0.05, 0.1) is 30.7 Å². The number of rotatable bonds is 6. The van der Waals surface area contributed by atoms with Crippen molar-refractivity contribution in [3.05, 3.63) is 78.0 Å². The molecule has 3 aromatic rings. The highest BCUT2D eigenvalue weighted by Crippen LogP contribution is 2.22. The molecular weight excluding hydrogens is 397 g/mol. The molecule has 7 nitrogen and oxygen atoms in total. The first-order valence-electron chi connectivity index (χ1n) is 10.1. The van der Waals surface area contributed by atoms with Crippen LogP contribution in [0.2, 0.25) is 0 Å². The van der Waals surface area contributed by atoms with Crippen LogP contribution in [-0.4, -0.2) is 47.0 Å². The molecule has 0 saturated carbocycles. The molecule has 2 aromatic heterocycles. The number of nitrogens with zero attached hydrogens (tertiary/aromatic N) is 3. The molecule has 4 rings (SSSR count). The first-order chi connectivity index (χ1) is 15.0. The molecule has 2 N–H and O–H groups in total. The number of halogens is 1. The van der Waals surface area contributed by atoms with Crippen LogP contribution in [0.1, 0.15) is 17.5 Å². The van der Waals surface area contributed by atoms with E-state index in [0.29, 0.717) is 25.4 Å². The Morgan fingerprint density at radius 2 is 1.97 bits per heavy atom. The van der Waals surface area contributed by atoms with Gasteiger partial charge in [0.2, 0.25) is 5.91 Å². The lowest BCUT2D eigenvalue weighted by Crippen LogP contribution is -2.42. The number of pyridine rings is 2. The lowest BCUT2D eigenvalue weighted by molar-refractivity contribution is -0.119. The summed E-state index contributed by atoms with van der Waals surface area (Å²) in [5.41, 5.74) is 3.16. The Morgan fingerprint density at radius 3 is 2.71 bits per heavy atom. The Morgan fingerprint density at radius 1 is 1.16 bits per heavy atom. The summed E-state index contributed by atoms with van der Waals surface area (Å²) in [7, 11) is 0. The van der Waals surface area contributed by atoms with E-state index in [4.69, 9.17) is 4.74 Å². The van der Waals surface area contributed by atoms with Gasteiger partial charge >= 0.3 is 0 Å². The van der Waals surface area contributed by atoms with Crippen LogP contribution in [0.25, 0.3) is 0 Å². The van der Waals surface area contributed by atoms with Crippen LogP contribution in [0.5, 0.6) is 0 Å². The van der Waals surface area contributed by atoms with Crippen molar-refractivity contribution >= 4 is 23.1 Å². The van der Waals surface area contributed by atoms with E-state index in [9.17, 15) is 9.18 Å². The lowest BCUT2D eigenvalue weighted by Gasteiger charge is -2.32. The molecule has 1 saturated heterocycles. The number of aryl methyl sites for hydroxylation is 1. The van der Waals surface area contributed by atoms with Gasteiger partial charge in [0.1, 0.15) is 17.7 Å². The van der Waals surface area contributed by atoms with Gasteiger partial charge in [-0.15, -0.1) is 0 Å². The maximum atomic E-state index is 13.0. The van der Waals surface area contributed by atoms with E-state index in [1.54, 1.807) is 18.3 Å². The van der Waals surface area contributed by atoms with Crippen molar-refractivity contribution < 1.29 is 13.9 Å². The second kappa shape index (κ2) is 9.63. The maximum Gasteiger partial charge on any atom is 0.238 e. The highest BCUT2D eigenvalue weighted by molar-refractivity contribution is 5.92. The van der Waals surface area contributed by atoms with Crippen molar-refractivity contribution in [1.29, 1.82) is 0 Å². The monoisotopic (exact) mass is 421 g/mol. The topological polar surface area (TPSA) is 79.4 Å². The molecule has 0 bridgehead atoms. The van der Waals surface area contributed by atoms with E-state index in [1.165, 1.54) is 12.1 Å². The summed E-state index contributed by atoms with van der Waals surface area (Å²) in [6.45, 7) is 3.92. The van der Waals surface area contributed by atoms with Gasteiger partial charge < -0.3 is 15.4 Å². The molecule has 0 aliphatic carbocycles. The summed E-state index contributed by atoms with van der Waals surface area (Å²) in [5, 5.41) is 6.02. The molecular formula is C23H24FN5O2. The van der Waals surface area contributed by atoms with Crippen molar-refractivity contribution in [3.8, 4) is 0 Å². The van der Waals surface area contributed by atoms with Crippen LogP contribution < -0.4 is 10.6 Å². The van der Waals surface area contributed by atoms with Gasteiger partial charge in [-0.25, -0.2) is 9.37 Å². The number of carbonyl (C=O) groups is 1. The van der Waals surface area contributed by atoms with Gasteiger partial charge in [-0.3, -0.25) is 14.7 Å². The first kappa shape index (κ1) is 20.9. The highest BCUT2D eigenvalue weighted by atomic mass is 19.1. The average molecular weight is 421 g/mol. The number of aromatic nitrogens is 2. The standard InChI is InChI=1S/C23H24FN5O2/c1-16-3-2-4-22(26-16)27-19-9-10-20(25-13-19)21-14-29(11-12-31-21)15-23(30)28-18-7-5-17(24)6-8-18/h2-10,13,21H,11-12,14-15H2,1H3,(H,26,27)(H,28,30)/t21-/m0/s1. The number of carbonyl (C=O) groups excluding carboxylic acids is 1. The van der Waals surface area contributed by atoms with Crippen LogP contribution in [-0.2, 0) is 9.53 Å². The van der Waals surface area contributed by atoms with Crippen molar-refractivity contribution in [2.24, 2.45) is 0 Å². The molecule has 1 fully saturated rings. The van der Waals surface area contributed by atoms with Crippen LogP contribution in [0.4, 0.5) is 21.6 Å². The number of hydrogen-bond acceptors (Lipinski definition) is 6. The first-order valence-corrected chi connectivity index (χ1v) is 10.1. The Labute approximate surface area is 180 Å². The summed E-state index contributed by atoms with van der Waals surface area (Å²) in [4.78, 5) is 23.3. The van der Waals surface area contributed by atoms with E-state index in [-0.39, 0.29) is 24.4 Å². The third-order valence-electron chi connectivity index (χ3n) is 4.92. The predicted molar refractivity (Wildman–Crippen MR) is 117 cm³/mol. The Bertz CT molecular complexity index is 1030. The van der Waals surface area contributed by atoms with Crippen molar-refractivity contribution in [2.75, 3.05) is 36.9 Å². The van der Waals surface area contributed by atoms with E-state index in [0.717, 1.165) is 22.9 Å². The number of amides is 1. The normalized spacial score (nSPS) is 16.6. The second-order valence-corrected chi connectivity index (χ2v) is 7.41. The average Bonchev–Trinajstić information content (AvgIpc) is 2.76. The van der Waals surface area contributed by atoms with Crippen LogP contribution in [0.3, 0.4) is 0 Å². The second-order valence-electron chi connectivity index (χ2n) is 7.41. The molecule has 3 heterocycles. The van der Waals surface area contributed by atoms with Gasteiger partial charge in [0.25, 0.3) is 0 Å². The summed E-state index contributed by atoms with van der Waals surface area (Å²) >= 11 is 0. The van der Waals surface area contributed by atoms with Crippen LogP contribution in [0, 0.1) is 12.7 Å². The molecule has 1 aliphatic heterocycles. The van der Waals surface area contributed by atoms with E-state index < -0.39 is 0 Å². The minimum Gasteiger partial charge on any atom is -0.369 e. The Balaban J connectivity index is 1.32. The third-order valence-corrected chi connectivity index (χ3v) is 4.92. The number of hydrogen-bond donors (Lipinski definition) is 2. The van der Waals surface area contributed by atoms with E-state index in [1.807, 2.05) is 42.2 Å². The fourth-order valence-corrected chi connectivity index (χ4v) is 3.39. The molecule has 31 heavy (non-hydrogen) atoms. The van der Waals surface area contributed by atoms with Gasteiger partial charge in [0, 0.05) is 24.5 Å². The van der Waals surface area contributed by atoms with Crippen LogP contribution in [0.15, 0.2) is 60.8 Å². The maximum absolute atomic E-state index is 13.0. The summed E-state index contributed by atoms with van der Waals surface area (Å²) in [5.74, 6) is 0.283. The molecule has 0 spiro atoms. The summed E-state index contributed by atoms with van der Waals surface area (Å²) in [6.07, 6.45) is 1.54. The van der Waals surface area contributed by atoms with E-state index in [2.05, 4.69) is 20.6 Å². The third kappa shape index (κ3) is 5.84. The molecule has 1 amide bonds. The zero-order valence-electron chi connectivity index (χ0n) is 17.2. The molecule has 1 aromatic carbocycles.